The first-order valence-corrected chi connectivity index (χ1v) is 6.60. The molecule has 1 saturated heterocycles. The Labute approximate surface area is 111 Å². The normalized spacial score (nSPS) is 29.6. The lowest BCUT2D eigenvalue weighted by molar-refractivity contribution is -0.384. The SMILES string of the molecule is Cc1cnc(N2CC3CCC(O)C3C2)c([N+](=O)[O-])c1. The van der Waals surface area contributed by atoms with Crippen molar-refractivity contribution in [1.29, 1.82) is 0 Å². The number of nitro groups is 1. The van der Waals surface area contributed by atoms with Gasteiger partial charge in [0.25, 0.3) is 0 Å². The van der Waals surface area contributed by atoms with E-state index in [0.29, 0.717) is 18.3 Å². The van der Waals surface area contributed by atoms with E-state index in [-0.39, 0.29) is 22.6 Å². The van der Waals surface area contributed by atoms with Gasteiger partial charge in [0.1, 0.15) is 0 Å². The summed E-state index contributed by atoms with van der Waals surface area (Å²) in [6.07, 6.45) is 3.25. The zero-order chi connectivity index (χ0) is 13.6. The molecule has 2 aliphatic rings. The Bertz CT molecular complexity index is 520. The van der Waals surface area contributed by atoms with Crippen LogP contribution in [-0.4, -0.2) is 34.2 Å². The van der Waals surface area contributed by atoms with Crippen molar-refractivity contribution in [3.63, 3.8) is 0 Å². The number of aromatic nitrogens is 1. The van der Waals surface area contributed by atoms with E-state index in [1.807, 2.05) is 4.90 Å². The van der Waals surface area contributed by atoms with Crippen molar-refractivity contribution >= 4 is 11.5 Å². The lowest BCUT2D eigenvalue weighted by atomic mass is 10.00. The molecule has 3 rings (SSSR count). The van der Waals surface area contributed by atoms with Crippen molar-refractivity contribution in [2.24, 2.45) is 11.8 Å². The molecule has 1 aromatic rings. The molecule has 102 valence electrons. The summed E-state index contributed by atoms with van der Waals surface area (Å²) in [5.74, 6) is 1.12. The van der Waals surface area contributed by atoms with Crippen LogP contribution in [0.2, 0.25) is 0 Å². The van der Waals surface area contributed by atoms with Crippen molar-refractivity contribution in [1.82, 2.24) is 4.98 Å². The predicted molar refractivity (Wildman–Crippen MR) is 70.1 cm³/mol. The predicted octanol–water partition coefficient (Wildman–Crippen LogP) is 1.51. The highest BCUT2D eigenvalue weighted by Gasteiger charge is 2.43. The summed E-state index contributed by atoms with van der Waals surface area (Å²) in [7, 11) is 0. The molecule has 2 fully saturated rings. The average Bonchev–Trinajstić information content (AvgIpc) is 2.92. The quantitative estimate of drug-likeness (QED) is 0.646. The number of aryl methyl sites for hydroxylation is 1. The molecule has 0 spiro atoms. The molecule has 1 aliphatic carbocycles. The number of hydrogen-bond donors (Lipinski definition) is 1. The van der Waals surface area contributed by atoms with E-state index >= 15 is 0 Å². The van der Waals surface area contributed by atoms with Crippen LogP contribution in [0, 0.1) is 28.9 Å². The van der Waals surface area contributed by atoms with Gasteiger partial charge >= 0.3 is 5.69 Å². The smallest absolute Gasteiger partial charge is 0.311 e. The van der Waals surface area contributed by atoms with Gasteiger partial charge in [-0.25, -0.2) is 4.98 Å². The largest absolute Gasteiger partial charge is 0.393 e. The summed E-state index contributed by atoms with van der Waals surface area (Å²) < 4.78 is 0. The fourth-order valence-electron chi connectivity index (χ4n) is 3.33. The van der Waals surface area contributed by atoms with Crippen molar-refractivity contribution in [3.05, 3.63) is 27.9 Å². The Morgan fingerprint density at radius 3 is 2.95 bits per heavy atom. The molecule has 1 N–H and O–H groups in total. The molecule has 1 aliphatic heterocycles. The summed E-state index contributed by atoms with van der Waals surface area (Å²) in [6, 6.07) is 1.56. The standard InChI is InChI=1S/C13H17N3O3/c1-8-4-11(16(18)19)13(14-5-8)15-6-9-2-3-12(17)10(9)7-15/h4-5,9-10,12,17H,2-3,6-7H2,1H3. The molecule has 1 saturated carbocycles. The van der Waals surface area contributed by atoms with E-state index in [4.69, 9.17) is 0 Å². The van der Waals surface area contributed by atoms with Gasteiger partial charge in [0.05, 0.1) is 11.0 Å². The second kappa shape index (κ2) is 4.45. The number of nitrogens with zero attached hydrogens (tertiary/aromatic N) is 3. The summed E-state index contributed by atoms with van der Waals surface area (Å²) in [5.41, 5.74) is 0.851. The fourth-order valence-corrected chi connectivity index (χ4v) is 3.33. The molecule has 3 unspecified atom stereocenters. The molecule has 1 aromatic heterocycles. The zero-order valence-corrected chi connectivity index (χ0v) is 10.8. The van der Waals surface area contributed by atoms with Crippen molar-refractivity contribution < 1.29 is 10.0 Å². The maximum Gasteiger partial charge on any atom is 0.311 e. The number of anilines is 1. The van der Waals surface area contributed by atoms with Crippen LogP contribution in [0.25, 0.3) is 0 Å². The maximum atomic E-state index is 11.1. The van der Waals surface area contributed by atoms with Gasteiger partial charge < -0.3 is 10.0 Å². The molecule has 0 aromatic carbocycles. The van der Waals surface area contributed by atoms with Crippen LogP contribution in [0.1, 0.15) is 18.4 Å². The fraction of sp³-hybridized carbons (Fsp3) is 0.615. The second-order valence-corrected chi connectivity index (χ2v) is 5.59. The molecule has 2 heterocycles. The van der Waals surface area contributed by atoms with Crippen LogP contribution >= 0.6 is 0 Å². The number of fused-ring (bicyclic) bond motifs is 1. The number of hydrogen-bond acceptors (Lipinski definition) is 5. The van der Waals surface area contributed by atoms with E-state index < -0.39 is 0 Å². The number of aliphatic hydroxyl groups is 1. The van der Waals surface area contributed by atoms with Gasteiger partial charge in [-0.15, -0.1) is 0 Å². The molecule has 0 radical (unpaired) electrons. The van der Waals surface area contributed by atoms with Crippen molar-refractivity contribution in [3.8, 4) is 0 Å². The maximum absolute atomic E-state index is 11.1. The van der Waals surface area contributed by atoms with Crippen LogP contribution in [0.5, 0.6) is 0 Å². The van der Waals surface area contributed by atoms with Gasteiger partial charge in [-0.05, 0) is 31.2 Å². The molecule has 3 atom stereocenters. The Morgan fingerprint density at radius 1 is 1.47 bits per heavy atom. The van der Waals surface area contributed by atoms with E-state index in [1.165, 1.54) is 0 Å². The average molecular weight is 263 g/mol. The summed E-state index contributed by atoms with van der Waals surface area (Å²) in [5, 5.41) is 21.0. The van der Waals surface area contributed by atoms with Gasteiger partial charge in [-0.1, -0.05) is 0 Å². The van der Waals surface area contributed by atoms with E-state index in [1.54, 1.807) is 19.2 Å². The first kappa shape index (κ1) is 12.3. The van der Waals surface area contributed by atoms with E-state index in [0.717, 1.165) is 24.9 Å². The van der Waals surface area contributed by atoms with Crippen LogP contribution in [0.4, 0.5) is 11.5 Å². The van der Waals surface area contributed by atoms with E-state index in [2.05, 4.69) is 4.98 Å². The van der Waals surface area contributed by atoms with Gasteiger partial charge in [-0.2, -0.15) is 0 Å². The first-order chi connectivity index (χ1) is 9.06. The molecule has 19 heavy (non-hydrogen) atoms. The van der Waals surface area contributed by atoms with Crippen LogP contribution in [-0.2, 0) is 0 Å². The zero-order valence-electron chi connectivity index (χ0n) is 10.8. The van der Waals surface area contributed by atoms with Crippen LogP contribution in [0.3, 0.4) is 0 Å². The van der Waals surface area contributed by atoms with Gasteiger partial charge in [0.2, 0.25) is 5.82 Å². The highest BCUT2D eigenvalue weighted by atomic mass is 16.6. The minimum Gasteiger partial charge on any atom is -0.393 e. The van der Waals surface area contributed by atoms with Gasteiger partial charge in [-0.3, -0.25) is 10.1 Å². The lowest BCUT2D eigenvalue weighted by Crippen LogP contribution is -2.25. The summed E-state index contributed by atoms with van der Waals surface area (Å²) in [6.45, 7) is 3.23. The van der Waals surface area contributed by atoms with Crippen molar-refractivity contribution in [2.75, 3.05) is 18.0 Å². The molecule has 6 nitrogen and oxygen atoms in total. The van der Waals surface area contributed by atoms with Gasteiger partial charge in [0.15, 0.2) is 0 Å². The number of rotatable bonds is 2. The second-order valence-electron chi connectivity index (χ2n) is 5.59. The number of aliphatic hydroxyl groups excluding tert-OH is 1. The Kier molecular flexibility index (Phi) is 2.89. The molecule has 0 amide bonds. The summed E-state index contributed by atoms with van der Waals surface area (Å²) in [4.78, 5) is 16.9. The highest BCUT2D eigenvalue weighted by molar-refractivity contribution is 5.59. The minimum absolute atomic E-state index is 0.0643. The van der Waals surface area contributed by atoms with Crippen LogP contribution < -0.4 is 4.90 Å². The highest BCUT2D eigenvalue weighted by Crippen LogP contribution is 2.41. The van der Waals surface area contributed by atoms with E-state index in [9.17, 15) is 15.2 Å². The minimum atomic E-state index is -0.375. The number of pyridine rings is 1. The monoisotopic (exact) mass is 263 g/mol. The van der Waals surface area contributed by atoms with Crippen LogP contribution in [0.15, 0.2) is 12.3 Å². The third-order valence-corrected chi connectivity index (χ3v) is 4.30. The molecule has 6 heteroatoms. The Morgan fingerprint density at radius 2 is 2.26 bits per heavy atom. The molecular formula is C13H17N3O3. The third-order valence-electron chi connectivity index (χ3n) is 4.30. The lowest BCUT2D eigenvalue weighted by Gasteiger charge is -2.19. The molecule has 0 bridgehead atoms. The summed E-state index contributed by atoms with van der Waals surface area (Å²) >= 11 is 0. The third kappa shape index (κ3) is 2.06. The van der Waals surface area contributed by atoms with Crippen molar-refractivity contribution in [2.45, 2.75) is 25.9 Å². The first-order valence-electron chi connectivity index (χ1n) is 6.60. The van der Waals surface area contributed by atoms with Gasteiger partial charge in [0, 0.05) is 31.3 Å². The topological polar surface area (TPSA) is 79.5 Å². The molecular weight excluding hydrogens is 246 g/mol. The Balaban J connectivity index is 1.90. The Hall–Kier alpha value is -1.69.